The lowest BCUT2D eigenvalue weighted by Gasteiger charge is -2.42. The average Bonchev–Trinajstić information content (AvgIpc) is 2.25. The van der Waals surface area contributed by atoms with E-state index in [2.05, 4.69) is 0 Å². The van der Waals surface area contributed by atoms with E-state index in [-0.39, 0.29) is 6.04 Å². The molecule has 1 aromatic rings. The Morgan fingerprint density at radius 1 is 1.38 bits per heavy atom. The molecule has 0 radical (unpaired) electrons. The lowest BCUT2D eigenvalue weighted by atomic mass is 9.73. The van der Waals surface area contributed by atoms with Crippen LogP contribution >= 0.6 is 0 Å². The third-order valence-corrected chi connectivity index (χ3v) is 3.32. The molecule has 0 aromatic heterocycles. The van der Waals surface area contributed by atoms with E-state index >= 15 is 0 Å². The first-order valence-corrected chi connectivity index (χ1v) is 5.72. The van der Waals surface area contributed by atoms with E-state index in [0.717, 1.165) is 31.4 Å². The van der Waals surface area contributed by atoms with Crippen molar-refractivity contribution in [2.45, 2.75) is 37.3 Å². The first-order valence-electron chi connectivity index (χ1n) is 5.72. The van der Waals surface area contributed by atoms with E-state index in [1.165, 1.54) is 5.56 Å². The number of hydrogen-bond acceptors (Lipinski definition) is 3. The molecule has 0 unspecified atom stereocenters. The van der Waals surface area contributed by atoms with Gasteiger partial charge in [-0.05, 0) is 43.4 Å². The first kappa shape index (κ1) is 11.4. The van der Waals surface area contributed by atoms with Gasteiger partial charge in [-0.2, -0.15) is 0 Å². The molecule has 0 saturated heterocycles. The van der Waals surface area contributed by atoms with E-state index < -0.39 is 5.60 Å². The summed E-state index contributed by atoms with van der Waals surface area (Å²) in [5.41, 5.74) is 6.40. The molecule has 88 valence electrons. The molecule has 1 saturated carbocycles. The topological polar surface area (TPSA) is 55.5 Å². The lowest BCUT2D eigenvalue weighted by molar-refractivity contribution is -0.0526. The maximum atomic E-state index is 10.0. The molecule has 0 heterocycles. The highest BCUT2D eigenvalue weighted by molar-refractivity contribution is 5.27. The molecular formula is C13H19NO2. The highest BCUT2D eigenvalue weighted by Crippen LogP contribution is 2.34. The smallest absolute Gasteiger partial charge is 0.118 e. The Labute approximate surface area is 96.2 Å². The zero-order valence-corrected chi connectivity index (χ0v) is 9.65. The average molecular weight is 221 g/mol. The molecule has 3 heteroatoms. The van der Waals surface area contributed by atoms with Crippen LogP contribution in [0.4, 0.5) is 0 Å². The Bertz CT molecular complexity index is 341. The minimum absolute atomic E-state index is 0.195. The molecule has 0 bridgehead atoms. The second kappa shape index (κ2) is 4.44. The fourth-order valence-corrected chi connectivity index (χ4v) is 2.29. The summed E-state index contributed by atoms with van der Waals surface area (Å²) in [4.78, 5) is 0. The van der Waals surface area contributed by atoms with Gasteiger partial charge < -0.3 is 15.6 Å². The second-order valence-corrected chi connectivity index (χ2v) is 4.74. The van der Waals surface area contributed by atoms with E-state index in [9.17, 15) is 5.11 Å². The van der Waals surface area contributed by atoms with Crippen LogP contribution in [-0.4, -0.2) is 23.9 Å². The summed E-state index contributed by atoms with van der Waals surface area (Å²) >= 11 is 0. The number of hydrogen-bond donors (Lipinski definition) is 2. The molecule has 0 amide bonds. The zero-order chi connectivity index (χ0) is 11.6. The van der Waals surface area contributed by atoms with Crippen LogP contribution in [0.1, 0.15) is 24.8 Å². The standard InChI is InChI=1S/C13H19NO2/c1-16-12-4-2-10(3-5-12)6-7-13(15)8-11(14)9-13/h2-5,11,15H,6-9,14H2,1H3. The Balaban J connectivity index is 1.85. The molecule has 3 N–H and O–H groups in total. The summed E-state index contributed by atoms with van der Waals surface area (Å²) in [6.45, 7) is 0. The summed E-state index contributed by atoms with van der Waals surface area (Å²) in [5.74, 6) is 0.869. The number of rotatable bonds is 4. The van der Waals surface area contributed by atoms with Crippen molar-refractivity contribution < 1.29 is 9.84 Å². The summed E-state index contributed by atoms with van der Waals surface area (Å²) in [7, 11) is 1.66. The van der Waals surface area contributed by atoms with Gasteiger partial charge in [-0.1, -0.05) is 12.1 Å². The molecule has 1 aromatic carbocycles. The predicted octanol–water partition coefficient (Wildman–Crippen LogP) is 1.48. The van der Waals surface area contributed by atoms with Gasteiger partial charge in [0.1, 0.15) is 5.75 Å². The molecule has 0 aliphatic heterocycles. The van der Waals surface area contributed by atoms with Gasteiger partial charge in [0.05, 0.1) is 12.7 Å². The van der Waals surface area contributed by atoms with Crippen LogP contribution in [0, 0.1) is 0 Å². The van der Waals surface area contributed by atoms with Crippen molar-refractivity contribution in [2.75, 3.05) is 7.11 Å². The number of aryl methyl sites for hydroxylation is 1. The monoisotopic (exact) mass is 221 g/mol. The van der Waals surface area contributed by atoms with Gasteiger partial charge in [0.25, 0.3) is 0 Å². The third kappa shape index (κ3) is 2.54. The maximum Gasteiger partial charge on any atom is 0.118 e. The van der Waals surface area contributed by atoms with E-state index in [0.29, 0.717) is 0 Å². The van der Waals surface area contributed by atoms with Crippen LogP contribution in [0.2, 0.25) is 0 Å². The molecule has 0 atom stereocenters. The summed E-state index contributed by atoms with van der Waals surface area (Å²) in [6.07, 6.45) is 3.17. The van der Waals surface area contributed by atoms with Crippen molar-refractivity contribution in [1.29, 1.82) is 0 Å². The number of benzene rings is 1. The van der Waals surface area contributed by atoms with E-state index in [1.807, 2.05) is 24.3 Å². The summed E-state index contributed by atoms with van der Waals surface area (Å²) < 4.78 is 5.10. The SMILES string of the molecule is COc1ccc(CCC2(O)CC(N)C2)cc1. The van der Waals surface area contributed by atoms with Gasteiger partial charge in [-0.25, -0.2) is 0 Å². The quantitative estimate of drug-likeness (QED) is 0.809. The highest BCUT2D eigenvalue weighted by Gasteiger charge is 2.39. The Morgan fingerprint density at radius 2 is 2.00 bits per heavy atom. The van der Waals surface area contributed by atoms with Crippen molar-refractivity contribution in [3.05, 3.63) is 29.8 Å². The first-order chi connectivity index (χ1) is 7.61. The molecular weight excluding hydrogens is 202 g/mol. The second-order valence-electron chi connectivity index (χ2n) is 4.74. The number of nitrogens with two attached hydrogens (primary N) is 1. The third-order valence-electron chi connectivity index (χ3n) is 3.32. The summed E-state index contributed by atoms with van der Waals surface area (Å²) in [6, 6.07) is 8.18. The van der Waals surface area contributed by atoms with Crippen molar-refractivity contribution in [3.8, 4) is 5.75 Å². The van der Waals surface area contributed by atoms with Gasteiger partial charge in [0.2, 0.25) is 0 Å². The number of ether oxygens (including phenoxy) is 1. The van der Waals surface area contributed by atoms with Gasteiger partial charge in [-0.15, -0.1) is 0 Å². The van der Waals surface area contributed by atoms with Gasteiger partial charge in [0.15, 0.2) is 0 Å². The van der Waals surface area contributed by atoms with Crippen molar-refractivity contribution in [3.63, 3.8) is 0 Å². The summed E-state index contributed by atoms with van der Waals surface area (Å²) in [5, 5.41) is 10.0. The number of aliphatic hydroxyl groups is 1. The zero-order valence-electron chi connectivity index (χ0n) is 9.65. The molecule has 1 aliphatic rings. The lowest BCUT2D eigenvalue weighted by Crippen LogP contribution is -2.51. The molecule has 16 heavy (non-hydrogen) atoms. The van der Waals surface area contributed by atoms with Crippen LogP contribution in [0.15, 0.2) is 24.3 Å². The Hall–Kier alpha value is -1.06. The van der Waals surface area contributed by atoms with Crippen LogP contribution in [0.3, 0.4) is 0 Å². The van der Waals surface area contributed by atoms with Gasteiger partial charge >= 0.3 is 0 Å². The van der Waals surface area contributed by atoms with Crippen LogP contribution in [0.5, 0.6) is 5.75 Å². The van der Waals surface area contributed by atoms with Crippen molar-refractivity contribution >= 4 is 0 Å². The van der Waals surface area contributed by atoms with Crippen LogP contribution in [-0.2, 0) is 6.42 Å². The number of methoxy groups -OCH3 is 1. The fourth-order valence-electron chi connectivity index (χ4n) is 2.29. The Morgan fingerprint density at radius 3 is 2.50 bits per heavy atom. The highest BCUT2D eigenvalue weighted by atomic mass is 16.5. The van der Waals surface area contributed by atoms with E-state index in [4.69, 9.17) is 10.5 Å². The van der Waals surface area contributed by atoms with Gasteiger partial charge in [0, 0.05) is 6.04 Å². The van der Waals surface area contributed by atoms with Crippen molar-refractivity contribution in [1.82, 2.24) is 0 Å². The van der Waals surface area contributed by atoms with E-state index in [1.54, 1.807) is 7.11 Å². The normalized spacial score (nSPS) is 28.6. The predicted molar refractivity (Wildman–Crippen MR) is 63.5 cm³/mol. The molecule has 2 rings (SSSR count). The minimum Gasteiger partial charge on any atom is -0.497 e. The van der Waals surface area contributed by atoms with Crippen LogP contribution in [0.25, 0.3) is 0 Å². The molecule has 1 aliphatic carbocycles. The Kier molecular flexibility index (Phi) is 3.17. The maximum absolute atomic E-state index is 10.0. The molecule has 1 fully saturated rings. The van der Waals surface area contributed by atoms with Crippen LogP contribution < -0.4 is 10.5 Å². The fraction of sp³-hybridized carbons (Fsp3) is 0.538. The molecule has 0 spiro atoms. The minimum atomic E-state index is -0.515. The van der Waals surface area contributed by atoms with Gasteiger partial charge in [-0.3, -0.25) is 0 Å². The largest absolute Gasteiger partial charge is 0.497 e. The molecule has 3 nitrogen and oxygen atoms in total. The van der Waals surface area contributed by atoms with Crippen molar-refractivity contribution in [2.24, 2.45) is 5.73 Å².